The van der Waals surface area contributed by atoms with Crippen molar-refractivity contribution in [3.05, 3.63) is 65.9 Å². The number of aromatic nitrogens is 2. The Bertz CT molecular complexity index is 976. The number of rotatable bonds is 7. The van der Waals surface area contributed by atoms with E-state index in [0.29, 0.717) is 23.7 Å². The number of ether oxygens (including phenoxy) is 1. The van der Waals surface area contributed by atoms with E-state index in [9.17, 15) is 13.2 Å². The van der Waals surface area contributed by atoms with Crippen LogP contribution in [-0.4, -0.2) is 16.6 Å². The minimum absolute atomic E-state index is 0.0597. The van der Waals surface area contributed by atoms with Crippen molar-refractivity contribution in [2.45, 2.75) is 26.4 Å². The van der Waals surface area contributed by atoms with Crippen LogP contribution in [0.25, 0.3) is 0 Å². The Morgan fingerprint density at radius 1 is 1.00 bits per heavy atom. The number of hydrogen-bond donors (Lipinski definition) is 2. The third-order valence-electron chi connectivity index (χ3n) is 3.94. The van der Waals surface area contributed by atoms with Crippen molar-refractivity contribution in [1.29, 1.82) is 0 Å². The standard InChI is InChI=1S/C21H21F3N4O/c1-3-10-29-17-9-5-8-16(12-17)26-19-18(21(22,23)24)13-25-20(28-19)27-15-7-4-6-14(2)11-15/h4-9,11-13H,3,10H2,1-2H3,(H2,25,26,27,28). The van der Waals surface area contributed by atoms with E-state index >= 15 is 0 Å². The van der Waals surface area contributed by atoms with Crippen molar-refractivity contribution in [2.75, 3.05) is 17.2 Å². The third-order valence-corrected chi connectivity index (χ3v) is 3.94. The first-order valence-corrected chi connectivity index (χ1v) is 9.13. The summed E-state index contributed by atoms with van der Waals surface area (Å²) in [6.45, 7) is 4.41. The number of nitrogens with one attached hydrogen (secondary N) is 2. The summed E-state index contributed by atoms with van der Waals surface area (Å²) < 4.78 is 45.9. The molecule has 2 aromatic carbocycles. The summed E-state index contributed by atoms with van der Waals surface area (Å²) >= 11 is 0. The SMILES string of the molecule is CCCOc1cccc(Nc2nc(Nc3cccc(C)c3)ncc2C(F)(F)F)c1. The van der Waals surface area contributed by atoms with Gasteiger partial charge >= 0.3 is 6.18 Å². The van der Waals surface area contributed by atoms with Gasteiger partial charge in [-0.2, -0.15) is 18.2 Å². The van der Waals surface area contributed by atoms with Gasteiger partial charge in [-0.1, -0.05) is 25.1 Å². The first-order valence-electron chi connectivity index (χ1n) is 9.13. The van der Waals surface area contributed by atoms with Crippen molar-refractivity contribution in [3.63, 3.8) is 0 Å². The van der Waals surface area contributed by atoms with E-state index in [1.54, 1.807) is 30.3 Å². The number of benzene rings is 2. The average molecular weight is 402 g/mol. The van der Waals surface area contributed by atoms with Crippen LogP contribution in [0.1, 0.15) is 24.5 Å². The molecule has 0 amide bonds. The Hall–Kier alpha value is -3.29. The molecule has 0 fully saturated rings. The molecule has 0 atom stereocenters. The molecule has 8 heteroatoms. The summed E-state index contributed by atoms with van der Waals surface area (Å²) in [5.74, 6) is 0.289. The molecule has 0 saturated carbocycles. The van der Waals surface area contributed by atoms with Crippen LogP contribution in [0.2, 0.25) is 0 Å². The van der Waals surface area contributed by atoms with Crippen molar-refractivity contribution >= 4 is 23.1 Å². The van der Waals surface area contributed by atoms with Gasteiger partial charge in [0.25, 0.3) is 0 Å². The van der Waals surface area contributed by atoms with E-state index in [-0.39, 0.29) is 11.8 Å². The predicted octanol–water partition coefficient (Wildman–Crippen LogP) is 6.08. The first-order chi connectivity index (χ1) is 13.8. The lowest BCUT2D eigenvalue weighted by molar-refractivity contribution is -0.137. The van der Waals surface area contributed by atoms with Gasteiger partial charge in [0.15, 0.2) is 0 Å². The van der Waals surface area contributed by atoms with E-state index in [1.165, 1.54) is 0 Å². The minimum Gasteiger partial charge on any atom is -0.494 e. The molecule has 1 aromatic heterocycles. The lowest BCUT2D eigenvalue weighted by Crippen LogP contribution is -2.12. The fraction of sp³-hybridized carbons (Fsp3) is 0.238. The van der Waals surface area contributed by atoms with Gasteiger partial charge in [0.1, 0.15) is 17.1 Å². The van der Waals surface area contributed by atoms with Crippen LogP contribution in [0.5, 0.6) is 5.75 Å². The van der Waals surface area contributed by atoms with Crippen LogP contribution in [0.4, 0.5) is 36.3 Å². The van der Waals surface area contributed by atoms with Crippen molar-refractivity contribution in [1.82, 2.24) is 9.97 Å². The van der Waals surface area contributed by atoms with Crippen LogP contribution in [0.3, 0.4) is 0 Å². The monoisotopic (exact) mass is 402 g/mol. The maximum atomic E-state index is 13.4. The van der Waals surface area contributed by atoms with E-state index in [4.69, 9.17) is 4.74 Å². The molecule has 0 aliphatic heterocycles. The van der Waals surface area contributed by atoms with Gasteiger partial charge in [-0.15, -0.1) is 0 Å². The van der Waals surface area contributed by atoms with E-state index in [0.717, 1.165) is 18.2 Å². The minimum atomic E-state index is -4.60. The van der Waals surface area contributed by atoms with E-state index < -0.39 is 11.7 Å². The highest BCUT2D eigenvalue weighted by atomic mass is 19.4. The number of anilines is 4. The van der Waals surface area contributed by atoms with Gasteiger partial charge < -0.3 is 15.4 Å². The smallest absolute Gasteiger partial charge is 0.421 e. The number of nitrogens with zero attached hydrogens (tertiary/aromatic N) is 2. The lowest BCUT2D eigenvalue weighted by atomic mass is 10.2. The van der Waals surface area contributed by atoms with Crippen LogP contribution >= 0.6 is 0 Å². The third kappa shape index (κ3) is 5.60. The Labute approximate surface area is 167 Å². The zero-order chi connectivity index (χ0) is 20.9. The Kier molecular flexibility index (Phi) is 6.21. The van der Waals surface area contributed by atoms with Gasteiger partial charge in [0.2, 0.25) is 5.95 Å². The molecule has 0 unspecified atom stereocenters. The molecular formula is C21H21F3N4O. The zero-order valence-electron chi connectivity index (χ0n) is 16.0. The molecule has 29 heavy (non-hydrogen) atoms. The molecule has 2 N–H and O–H groups in total. The zero-order valence-corrected chi connectivity index (χ0v) is 16.0. The van der Waals surface area contributed by atoms with Gasteiger partial charge in [-0.05, 0) is 43.2 Å². The fourth-order valence-corrected chi connectivity index (χ4v) is 2.62. The van der Waals surface area contributed by atoms with Gasteiger partial charge in [0.05, 0.1) is 6.61 Å². The highest BCUT2D eigenvalue weighted by Crippen LogP contribution is 2.35. The van der Waals surface area contributed by atoms with Crippen LogP contribution in [0, 0.1) is 6.92 Å². The molecule has 152 valence electrons. The van der Waals surface area contributed by atoms with Crippen LogP contribution in [0.15, 0.2) is 54.7 Å². The Morgan fingerprint density at radius 3 is 2.41 bits per heavy atom. The summed E-state index contributed by atoms with van der Waals surface area (Å²) in [5.41, 5.74) is 1.17. The molecule has 0 aliphatic rings. The molecule has 3 aromatic rings. The molecule has 0 aliphatic carbocycles. The second-order valence-electron chi connectivity index (χ2n) is 6.45. The van der Waals surface area contributed by atoms with Crippen molar-refractivity contribution in [3.8, 4) is 5.75 Å². The number of alkyl halides is 3. The first kappa shape index (κ1) is 20.4. The summed E-state index contributed by atoms with van der Waals surface area (Å²) in [6, 6.07) is 14.1. The van der Waals surface area contributed by atoms with Gasteiger partial charge in [-0.25, -0.2) is 4.98 Å². The molecule has 3 rings (SSSR count). The maximum Gasteiger partial charge on any atom is 0.421 e. The largest absolute Gasteiger partial charge is 0.494 e. The lowest BCUT2D eigenvalue weighted by Gasteiger charge is -2.15. The fourth-order valence-electron chi connectivity index (χ4n) is 2.62. The van der Waals surface area contributed by atoms with Gasteiger partial charge in [-0.3, -0.25) is 0 Å². The Balaban J connectivity index is 1.90. The quantitative estimate of drug-likeness (QED) is 0.502. The molecule has 0 bridgehead atoms. The molecular weight excluding hydrogens is 381 g/mol. The summed E-state index contributed by atoms with van der Waals surface area (Å²) in [5, 5.41) is 5.68. The highest BCUT2D eigenvalue weighted by Gasteiger charge is 2.35. The van der Waals surface area contributed by atoms with Gasteiger partial charge in [0, 0.05) is 23.6 Å². The highest BCUT2D eigenvalue weighted by molar-refractivity contribution is 5.64. The molecule has 1 heterocycles. The van der Waals surface area contributed by atoms with Crippen LogP contribution in [-0.2, 0) is 6.18 Å². The van der Waals surface area contributed by atoms with E-state index in [2.05, 4.69) is 20.6 Å². The van der Waals surface area contributed by atoms with Crippen LogP contribution < -0.4 is 15.4 Å². The molecule has 5 nitrogen and oxygen atoms in total. The normalized spacial score (nSPS) is 11.2. The summed E-state index contributed by atoms with van der Waals surface area (Å²) in [4.78, 5) is 7.88. The average Bonchev–Trinajstić information content (AvgIpc) is 2.66. The molecule has 0 radical (unpaired) electrons. The second-order valence-corrected chi connectivity index (χ2v) is 6.45. The predicted molar refractivity (Wildman–Crippen MR) is 107 cm³/mol. The number of halogens is 3. The number of aryl methyl sites for hydroxylation is 1. The molecule has 0 spiro atoms. The molecule has 0 saturated heterocycles. The second kappa shape index (κ2) is 8.81. The Morgan fingerprint density at radius 2 is 1.72 bits per heavy atom. The van der Waals surface area contributed by atoms with E-state index in [1.807, 2.05) is 32.0 Å². The topological polar surface area (TPSA) is 59.1 Å². The maximum absolute atomic E-state index is 13.4. The summed E-state index contributed by atoms with van der Waals surface area (Å²) in [7, 11) is 0. The number of hydrogen-bond acceptors (Lipinski definition) is 5. The van der Waals surface area contributed by atoms with Crippen molar-refractivity contribution < 1.29 is 17.9 Å². The summed E-state index contributed by atoms with van der Waals surface area (Å²) in [6.07, 6.45) is -3.00. The van der Waals surface area contributed by atoms with Crippen molar-refractivity contribution in [2.24, 2.45) is 0 Å².